The summed E-state index contributed by atoms with van der Waals surface area (Å²) < 4.78 is 5.10. The van der Waals surface area contributed by atoms with Crippen LogP contribution >= 0.6 is 11.8 Å². The quantitative estimate of drug-likeness (QED) is 0.697. The number of hydrogen-bond acceptors (Lipinski definition) is 3. The molecule has 1 fully saturated rings. The third-order valence-electron chi connectivity index (χ3n) is 3.67. The van der Waals surface area contributed by atoms with Crippen LogP contribution in [0, 0.1) is 5.92 Å². The van der Waals surface area contributed by atoms with Gasteiger partial charge in [0.2, 0.25) is 0 Å². The van der Waals surface area contributed by atoms with Gasteiger partial charge in [-0.3, -0.25) is 0 Å². The molecule has 3 heteroatoms. The predicted octanol–water partition coefficient (Wildman–Crippen LogP) is 2.92. The second kappa shape index (κ2) is 8.37. The van der Waals surface area contributed by atoms with E-state index in [1.54, 1.807) is 7.11 Å². The van der Waals surface area contributed by atoms with Gasteiger partial charge in [-0.05, 0) is 44.4 Å². The van der Waals surface area contributed by atoms with Gasteiger partial charge in [-0.15, -0.1) is 0 Å². The molecule has 16 heavy (non-hydrogen) atoms. The zero-order chi connectivity index (χ0) is 11.8. The van der Waals surface area contributed by atoms with Crippen molar-refractivity contribution in [2.75, 3.05) is 26.5 Å². The Bertz CT molecular complexity index is 177. The van der Waals surface area contributed by atoms with Gasteiger partial charge in [-0.1, -0.05) is 13.3 Å². The Morgan fingerprint density at radius 1 is 1.38 bits per heavy atom. The van der Waals surface area contributed by atoms with Crippen molar-refractivity contribution in [1.29, 1.82) is 0 Å². The molecule has 3 unspecified atom stereocenters. The van der Waals surface area contributed by atoms with Crippen molar-refractivity contribution in [2.45, 2.75) is 50.3 Å². The zero-order valence-electron chi connectivity index (χ0n) is 11.0. The molecule has 0 aromatic heterocycles. The molecular weight excluding hydrogens is 218 g/mol. The molecule has 0 heterocycles. The van der Waals surface area contributed by atoms with Crippen molar-refractivity contribution in [1.82, 2.24) is 5.32 Å². The average Bonchev–Trinajstić information content (AvgIpc) is 2.34. The summed E-state index contributed by atoms with van der Waals surface area (Å²) in [6.45, 7) is 3.23. The lowest BCUT2D eigenvalue weighted by atomic mass is 9.84. The van der Waals surface area contributed by atoms with Crippen LogP contribution in [-0.2, 0) is 4.74 Å². The van der Waals surface area contributed by atoms with Crippen LogP contribution in [-0.4, -0.2) is 37.8 Å². The summed E-state index contributed by atoms with van der Waals surface area (Å²) in [4.78, 5) is 0. The second-order valence-corrected chi connectivity index (χ2v) is 6.09. The lowest BCUT2D eigenvalue weighted by Gasteiger charge is -2.35. The van der Waals surface area contributed by atoms with Crippen LogP contribution in [0.2, 0.25) is 0 Å². The Kier molecular flexibility index (Phi) is 7.50. The highest BCUT2D eigenvalue weighted by atomic mass is 32.2. The summed E-state index contributed by atoms with van der Waals surface area (Å²) in [7, 11) is 3.90. The van der Waals surface area contributed by atoms with Crippen molar-refractivity contribution >= 4 is 11.8 Å². The third-order valence-corrected chi connectivity index (χ3v) is 5.15. The topological polar surface area (TPSA) is 21.3 Å². The maximum Gasteiger partial charge on any atom is 0.0470 e. The minimum absolute atomic E-state index is 0.732. The highest BCUT2D eigenvalue weighted by Crippen LogP contribution is 2.34. The van der Waals surface area contributed by atoms with Crippen molar-refractivity contribution in [3.8, 4) is 0 Å². The van der Waals surface area contributed by atoms with Gasteiger partial charge in [0.25, 0.3) is 0 Å². The van der Waals surface area contributed by atoms with Crippen molar-refractivity contribution in [3.63, 3.8) is 0 Å². The number of methoxy groups -OCH3 is 1. The molecular formula is C13H27NOS. The molecule has 2 nitrogen and oxygen atoms in total. The van der Waals surface area contributed by atoms with Crippen LogP contribution in [0.4, 0.5) is 0 Å². The van der Waals surface area contributed by atoms with Crippen LogP contribution in [0.25, 0.3) is 0 Å². The van der Waals surface area contributed by atoms with E-state index in [-0.39, 0.29) is 0 Å². The van der Waals surface area contributed by atoms with E-state index in [1.165, 1.54) is 37.9 Å². The maximum absolute atomic E-state index is 5.10. The van der Waals surface area contributed by atoms with E-state index < -0.39 is 0 Å². The molecule has 3 atom stereocenters. The fraction of sp³-hybridized carbons (Fsp3) is 1.00. The molecule has 1 saturated carbocycles. The van der Waals surface area contributed by atoms with Crippen molar-refractivity contribution in [3.05, 3.63) is 0 Å². The molecule has 1 aliphatic rings. The lowest BCUT2D eigenvalue weighted by Crippen LogP contribution is -2.40. The molecule has 0 radical (unpaired) electrons. The largest absolute Gasteiger partial charge is 0.385 e. The monoisotopic (exact) mass is 245 g/mol. The minimum Gasteiger partial charge on any atom is -0.385 e. The number of ether oxygens (including phenoxy) is 1. The Morgan fingerprint density at radius 2 is 2.19 bits per heavy atom. The van der Waals surface area contributed by atoms with Gasteiger partial charge in [0, 0.05) is 25.0 Å². The van der Waals surface area contributed by atoms with E-state index in [1.807, 2.05) is 0 Å². The van der Waals surface area contributed by atoms with Crippen LogP contribution < -0.4 is 5.32 Å². The minimum atomic E-state index is 0.732. The highest BCUT2D eigenvalue weighted by Gasteiger charge is 2.28. The van der Waals surface area contributed by atoms with E-state index >= 15 is 0 Å². The Morgan fingerprint density at radius 3 is 2.81 bits per heavy atom. The summed E-state index contributed by atoms with van der Waals surface area (Å²) in [5.74, 6) is 2.21. The SMILES string of the molecule is CCC1CCC(NC)C(SCCCOC)C1. The normalized spacial score (nSPS) is 30.6. The average molecular weight is 245 g/mol. The summed E-state index contributed by atoms with van der Waals surface area (Å²) in [5.41, 5.74) is 0. The summed E-state index contributed by atoms with van der Waals surface area (Å²) in [6.07, 6.45) is 6.71. The van der Waals surface area contributed by atoms with Gasteiger partial charge < -0.3 is 10.1 Å². The van der Waals surface area contributed by atoms with Gasteiger partial charge in [0.05, 0.1) is 0 Å². The van der Waals surface area contributed by atoms with Crippen LogP contribution in [0.5, 0.6) is 0 Å². The van der Waals surface area contributed by atoms with E-state index in [0.717, 1.165) is 23.8 Å². The Balaban J connectivity index is 2.27. The van der Waals surface area contributed by atoms with E-state index in [2.05, 4.69) is 31.1 Å². The molecule has 1 rings (SSSR count). The molecule has 1 N–H and O–H groups in total. The molecule has 1 aliphatic carbocycles. The first-order chi connectivity index (χ1) is 7.81. The number of hydrogen-bond donors (Lipinski definition) is 1. The smallest absolute Gasteiger partial charge is 0.0470 e. The molecule has 0 aromatic carbocycles. The summed E-state index contributed by atoms with van der Waals surface area (Å²) in [5, 5.41) is 4.31. The Labute approximate surface area is 105 Å². The van der Waals surface area contributed by atoms with Gasteiger partial charge in [0.15, 0.2) is 0 Å². The predicted molar refractivity (Wildman–Crippen MR) is 73.2 cm³/mol. The van der Waals surface area contributed by atoms with Crippen molar-refractivity contribution < 1.29 is 4.74 Å². The molecule has 96 valence electrons. The molecule has 0 saturated heterocycles. The van der Waals surface area contributed by atoms with E-state index in [9.17, 15) is 0 Å². The van der Waals surface area contributed by atoms with Crippen LogP contribution in [0.15, 0.2) is 0 Å². The first-order valence-corrected chi connectivity index (χ1v) is 7.64. The van der Waals surface area contributed by atoms with Crippen LogP contribution in [0.3, 0.4) is 0 Å². The molecule has 0 spiro atoms. The Hall–Kier alpha value is 0.270. The number of rotatable bonds is 7. The van der Waals surface area contributed by atoms with Crippen molar-refractivity contribution in [2.24, 2.45) is 5.92 Å². The van der Waals surface area contributed by atoms with E-state index in [4.69, 9.17) is 4.74 Å². The zero-order valence-corrected chi connectivity index (χ0v) is 11.8. The molecule has 0 bridgehead atoms. The highest BCUT2D eigenvalue weighted by molar-refractivity contribution is 7.99. The summed E-state index contributed by atoms with van der Waals surface area (Å²) in [6, 6.07) is 0.732. The van der Waals surface area contributed by atoms with Gasteiger partial charge in [-0.25, -0.2) is 0 Å². The lowest BCUT2D eigenvalue weighted by molar-refractivity contribution is 0.200. The first kappa shape index (κ1) is 14.3. The van der Waals surface area contributed by atoms with Gasteiger partial charge in [-0.2, -0.15) is 11.8 Å². The van der Waals surface area contributed by atoms with Gasteiger partial charge >= 0.3 is 0 Å². The molecule has 0 aromatic rings. The second-order valence-electron chi connectivity index (χ2n) is 4.74. The van der Waals surface area contributed by atoms with E-state index in [0.29, 0.717) is 0 Å². The fourth-order valence-electron chi connectivity index (χ4n) is 2.53. The fourth-order valence-corrected chi connectivity index (χ4v) is 4.03. The molecule has 0 aliphatic heterocycles. The summed E-state index contributed by atoms with van der Waals surface area (Å²) >= 11 is 2.15. The van der Waals surface area contributed by atoms with Gasteiger partial charge in [0.1, 0.15) is 0 Å². The number of thioether (sulfide) groups is 1. The first-order valence-electron chi connectivity index (χ1n) is 6.59. The third kappa shape index (κ3) is 4.64. The maximum atomic E-state index is 5.10. The standard InChI is InChI=1S/C13H27NOS/c1-4-11-6-7-12(14-2)13(10-11)16-9-5-8-15-3/h11-14H,4-10H2,1-3H3. The van der Waals surface area contributed by atoms with Crippen LogP contribution in [0.1, 0.15) is 39.0 Å². The molecule has 0 amide bonds. The number of nitrogens with one attached hydrogen (secondary N) is 1.